The molecule has 1 unspecified atom stereocenters. The molecule has 1 aliphatic carbocycles. The largest absolute Gasteiger partial charge is 0.371 e. The first-order chi connectivity index (χ1) is 16.3. The van der Waals surface area contributed by atoms with E-state index in [1.807, 2.05) is 28.9 Å². The molecule has 2 N–H and O–H groups in total. The predicted molar refractivity (Wildman–Crippen MR) is 136 cm³/mol. The lowest BCUT2D eigenvalue weighted by molar-refractivity contribution is -0.118. The molecular formula is C27H39N5O2. The van der Waals surface area contributed by atoms with E-state index in [0.29, 0.717) is 18.0 Å². The van der Waals surface area contributed by atoms with Gasteiger partial charge in [-0.1, -0.05) is 25.8 Å². The van der Waals surface area contributed by atoms with Crippen molar-refractivity contribution in [1.29, 1.82) is 0 Å². The van der Waals surface area contributed by atoms with Crippen LogP contribution < -0.4 is 15.5 Å². The van der Waals surface area contributed by atoms with Gasteiger partial charge in [-0.05, 0) is 77.1 Å². The first-order valence-electron chi connectivity index (χ1n) is 12.8. The number of carbonyl (C=O) groups excluding carboxylic acids is 2. The van der Waals surface area contributed by atoms with Gasteiger partial charge in [0.1, 0.15) is 11.7 Å². The highest BCUT2D eigenvalue weighted by Crippen LogP contribution is 2.41. The highest BCUT2D eigenvalue weighted by molar-refractivity contribution is 6.00. The van der Waals surface area contributed by atoms with Gasteiger partial charge in [-0.25, -0.2) is 0 Å². The Hall–Kier alpha value is -2.83. The average molecular weight is 466 g/mol. The molecule has 2 amide bonds. The number of unbranched alkanes of at least 4 members (excludes halogenated alkanes) is 1. The zero-order valence-electron chi connectivity index (χ0n) is 21.1. The monoisotopic (exact) mass is 465 g/mol. The van der Waals surface area contributed by atoms with Crippen LogP contribution in [-0.2, 0) is 10.3 Å². The Labute approximate surface area is 203 Å². The fourth-order valence-electron chi connectivity index (χ4n) is 4.61. The van der Waals surface area contributed by atoms with Gasteiger partial charge in [-0.2, -0.15) is 5.10 Å². The van der Waals surface area contributed by atoms with E-state index < -0.39 is 6.04 Å². The van der Waals surface area contributed by atoms with Gasteiger partial charge < -0.3 is 15.5 Å². The van der Waals surface area contributed by atoms with E-state index in [0.717, 1.165) is 55.8 Å². The lowest BCUT2D eigenvalue weighted by Gasteiger charge is -2.22. The third-order valence-electron chi connectivity index (χ3n) is 6.65. The van der Waals surface area contributed by atoms with Gasteiger partial charge in [0.2, 0.25) is 5.91 Å². The summed E-state index contributed by atoms with van der Waals surface area (Å²) in [5.41, 5.74) is 3.20. The van der Waals surface area contributed by atoms with Crippen LogP contribution in [0.1, 0.15) is 94.7 Å². The van der Waals surface area contributed by atoms with Gasteiger partial charge in [-0.3, -0.25) is 14.3 Å². The molecule has 2 heterocycles. The minimum atomic E-state index is -0.605. The summed E-state index contributed by atoms with van der Waals surface area (Å²) < 4.78 is 1.98. The second-order valence-corrected chi connectivity index (χ2v) is 10.7. The number of hydrogen-bond donors (Lipinski definition) is 2. The van der Waals surface area contributed by atoms with Crippen molar-refractivity contribution in [3.8, 4) is 0 Å². The Kier molecular flexibility index (Phi) is 7.29. The maximum Gasteiger partial charge on any atom is 0.272 e. The van der Waals surface area contributed by atoms with Crippen molar-refractivity contribution in [2.75, 3.05) is 23.3 Å². The summed E-state index contributed by atoms with van der Waals surface area (Å²) in [7, 11) is 0. The number of rotatable bonds is 9. The molecule has 4 rings (SSSR count). The molecular weight excluding hydrogens is 426 g/mol. The number of hydrogen-bond acceptors (Lipinski definition) is 4. The van der Waals surface area contributed by atoms with E-state index >= 15 is 0 Å². The van der Waals surface area contributed by atoms with E-state index in [1.54, 1.807) is 0 Å². The Morgan fingerprint density at radius 1 is 1.15 bits per heavy atom. The Balaban J connectivity index is 1.47. The van der Waals surface area contributed by atoms with Crippen LogP contribution in [0.5, 0.6) is 0 Å². The van der Waals surface area contributed by atoms with E-state index in [2.05, 4.69) is 54.4 Å². The molecule has 0 radical (unpaired) electrons. The minimum absolute atomic E-state index is 0.182. The second kappa shape index (κ2) is 10.2. The van der Waals surface area contributed by atoms with Crippen molar-refractivity contribution < 1.29 is 9.59 Å². The van der Waals surface area contributed by atoms with E-state index in [-0.39, 0.29) is 17.4 Å². The number of nitrogens with one attached hydrogen (secondary N) is 2. The van der Waals surface area contributed by atoms with Crippen LogP contribution >= 0.6 is 0 Å². The summed E-state index contributed by atoms with van der Waals surface area (Å²) in [6.07, 6.45) is 7.09. The molecule has 184 valence electrons. The molecule has 34 heavy (non-hydrogen) atoms. The molecule has 1 aromatic heterocycles. The topological polar surface area (TPSA) is 79.3 Å². The van der Waals surface area contributed by atoms with Gasteiger partial charge in [0.05, 0.1) is 5.54 Å². The smallest absolute Gasteiger partial charge is 0.272 e. The molecule has 2 aromatic rings. The molecule has 7 heteroatoms. The van der Waals surface area contributed by atoms with Crippen LogP contribution in [0.4, 0.5) is 11.4 Å². The fourth-order valence-corrected chi connectivity index (χ4v) is 4.61. The van der Waals surface area contributed by atoms with E-state index in [9.17, 15) is 9.59 Å². The molecule has 1 aromatic carbocycles. The third kappa shape index (κ3) is 5.80. The average Bonchev–Trinajstić information content (AvgIpc) is 3.30. The van der Waals surface area contributed by atoms with Crippen molar-refractivity contribution >= 4 is 23.2 Å². The van der Waals surface area contributed by atoms with E-state index in [1.165, 1.54) is 12.8 Å². The first kappa shape index (κ1) is 24.3. The zero-order chi connectivity index (χ0) is 24.3. The fraction of sp³-hybridized carbons (Fsp3) is 0.593. The highest BCUT2D eigenvalue weighted by Gasteiger charge is 2.33. The Morgan fingerprint density at radius 3 is 2.53 bits per heavy atom. The highest BCUT2D eigenvalue weighted by atomic mass is 16.2. The molecule has 1 atom stereocenters. The SMILES string of the molecule is CCCCC(NC(=O)c1cc(C2CC2)n(C(C)(C)C)n1)C(=O)Nc1cccc(N2CCCC2)c1. The van der Waals surface area contributed by atoms with Crippen molar-refractivity contribution in [2.24, 2.45) is 0 Å². The van der Waals surface area contributed by atoms with Crippen molar-refractivity contribution in [2.45, 2.75) is 90.1 Å². The standard InChI is InChI=1S/C27H39N5O2/c1-5-6-12-22(25(33)28-20-10-9-11-21(17-20)31-15-7-8-16-31)29-26(34)23-18-24(19-13-14-19)32(30-23)27(2,3)4/h9-11,17-19,22H,5-8,12-16H2,1-4H3,(H,28,33)(H,29,34). The lowest BCUT2D eigenvalue weighted by atomic mass is 10.1. The molecule has 2 aliphatic rings. The lowest BCUT2D eigenvalue weighted by Crippen LogP contribution is -2.44. The van der Waals surface area contributed by atoms with Crippen LogP contribution in [0.15, 0.2) is 30.3 Å². The number of aromatic nitrogens is 2. The molecule has 2 fully saturated rings. The molecule has 7 nitrogen and oxygen atoms in total. The predicted octanol–water partition coefficient (Wildman–Crippen LogP) is 5.04. The molecule has 1 saturated carbocycles. The number of anilines is 2. The molecule has 0 spiro atoms. The number of nitrogens with zero attached hydrogens (tertiary/aromatic N) is 3. The minimum Gasteiger partial charge on any atom is -0.371 e. The maximum atomic E-state index is 13.2. The van der Waals surface area contributed by atoms with Crippen molar-refractivity contribution in [3.05, 3.63) is 41.7 Å². The molecule has 1 aliphatic heterocycles. The summed E-state index contributed by atoms with van der Waals surface area (Å²) in [5.74, 6) is 0.0142. The van der Waals surface area contributed by atoms with Crippen LogP contribution in [-0.4, -0.2) is 40.7 Å². The summed E-state index contributed by atoms with van der Waals surface area (Å²) in [6, 6.07) is 9.29. The summed E-state index contributed by atoms with van der Waals surface area (Å²) in [5, 5.41) is 10.6. The Bertz CT molecular complexity index is 1010. The van der Waals surface area contributed by atoms with Gasteiger partial charge in [0.25, 0.3) is 5.91 Å². The van der Waals surface area contributed by atoms with Gasteiger partial charge in [-0.15, -0.1) is 0 Å². The van der Waals surface area contributed by atoms with Gasteiger partial charge in [0.15, 0.2) is 0 Å². The number of carbonyl (C=O) groups is 2. The van der Waals surface area contributed by atoms with Gasteiger partial charge >= 0.3 is 0 Å². The van der Waals surface area contributed by atoms with Gasteiger partial charge in [0, 0.05) is 36.1 Å². The van der Waals surface area contributed by atoms with E-state index in [4.69, 9.17) is 0 Å². The van der Waals surface area contributed by atoms with Crippen molar-refractivity contribution in [3.63, 3.8) is 0 Å². The molecule has 1 saturated heterocycles. The van der Waals surface area contributed by atoms with Crippen molar-refractivity contribution in [1.82, 2.24) is 15.1 Å². The zero-order valence-corrected chi connectivity index (χ0v) is 21.1. The van der Waals surface area contributed by atoms with Crippen LogP contribution in [0.2, 0.25) is 0 Å². The Morgan fingerprint density at radius 2 is 1.88 bits per heavy atom. The maximum absolute atomic E-state index is 13.2. The van der Waals surface area contributed by atoms with Crippen LogP contribution in [0.3, 0.4) is 0 Å². The molecule has 0 bridgehead atoms. The normalized spacial score (nSPS) is 17.0. The summed E-state index contributed by atoms with van der Waals surface area (Å²) in [6.45, 7) is 10.5. The third-order valence-corrected chi connectivity index (χ3v) is 6.65. The van der Waals surface area contributed by atoms with Crippen LogP contribution in [0, 0.1) is 0 Å². The quantitative estimate of drug-likeness (QED) is 0.544. The second-order valence-electron chi connectivity index (χ2n) is 10.7. The van der Waals surface area contributed by atoms with Crippen LogP contribution in [0.25, 0.3) is 0 Å². The summed E-state index contributed by atoms with van der Waals surface area (Å²) in [4.78, 5) is 28.7. The number of benzene rings is 1. The first-order valence-corrected chi connectivity index (χ1v) is 12.8. The summed E-state index contributed by atoms with van der Waals surface area (Å²) >= 11 is 0. The number of amides is 2.